The smallest absolute Gasteiger partial charge is 0.338 e. The number of hydrogen-bond donors (Lipinski definition) is 3. The number of ether oxygens (including phenoxy) is 2. The average Bonchev–Trinajstić information content (AvgIpc) is 2.85. The Morgan fingerprint density at radius 2 is 1.75 bits per heavy atom. The largest absolute Gasteiger partial charge is 0.460 e. The quantitative estimate of drug-likeness (QED) is 0.319. The summed E-state index contributed by atoms with van der Waals surface area (Å²) in [6, 6.07) is 13.2. The van der Waals surface area contributed by atoms with Crippen LogP contribution < -0.4 is 16.0 Å². The van der Waals surface area contributed by atoms with E-state index in [1.807, 2.05) is 38.1 Å². The van der Waals surface area contributed by atoms with Gasteiger partial charge in [-0.25, -0.2) is 14.4 Å². The maximum atomic E-state index is 13.0. The Morgan fingerprint density at radius 1 is 1.03 bits per heavy atom. The number of para-hydroxylation sites is 1. The molecule has 0 spiro atoms. The molecule has 0 bridgehead atoms. The van der Waals surface area contributed by atoms with Crippen LogP contribution in [0.1, 0.15) is 43.9 Å². The maximum Gasteiger partial charge on any atom is 0.338 e. The Bertz CT molecular complexity index is 1110. The van der Waals surface area contributed by atoms with Gasteiger partial charge in [0.15, 0.2) is 0 Å². The van der Waals surface area contributed by atoms with Crippen LogP contribution in [0.4, 0.5) is 21.0 Å². The van der Waals surface area contributed by atoms with E-state index >= 15 is 0 Å². The first-order valence-electron chi connectivity index (χ1n) is 12.0. The van der Waals surface area contributed by atoms with Crippen LogP contribution in [0, 0.1) is 6.92 Å². The number of esters is 1. The van der Waals surface area contributed by atoms with Crippen molar-refractivity contribution >= 4 is 29.4 Å². The van der Waals surface area contributed by atoms with Gasteiger partial charge in [-0.05, 0) is 49.6 Å². The lowest BCUT2D eigenvalue weighted by Gasteiger charge is -2.35. The molecule has 3 rings (SSSR count). The molecule has 0 aromatic heterocycles. The van der Waals surface area contributed by atoms with Gasteiger partial charge in [-0.3, -0.25) is 4.90 Å². The lowest BCUT2D eigenvalue weighted by molar-refractivity contribution is -0.140. The van der Waals surface area contributed by atoms with Crippen LogP contribution in [0.25, 0.3) is 0 Å². The van der Waals surface area contributed by atoms with Crippen molar-refractivity contribution in [1.29, 1.82) is 0 Å². The van der Waals surface area contributed by atoms with Gasteiger partial charge in [0.25, 0.3) is 0 Å². The Hall–Kier alpha value is -3.85. The summed E-state index contributed by atoms with van der Waals surface area (Å²) >= 11 is 0. The third-order valence-electron chi connectivity index (χ3n) is 5.97. The minimum atomic E-state index is -0.680. The first kappa shape index (κ1) is 26.7. The summed E-state index contributed by atoms with van der Waals surface area (Å²) in [6.07, 6.45) is 1.73. The minimum absolute atomic E-state index is 0.112. The molecule has 4 amide bonds. The van der Waals surface area contributed by atoms with Crippen LogP contribution in [0.2, 0.25) is 0 Å². The highest BCUT2D eigenvalue weighted by Gasteiger charge is 2.36. The lowest BCUT2D eigenvalue weighted by Crippen LogP contribution is -2.48. The number of methoxy groups -OCH3 is 1. The summed E-state index contributed by atoms with van der Waals surface area (Å²) in [5.74, 6) is -0.504. The summed E-state index contributed by atoms with van der Waals surface area (Å²) < 4.78 is 10.4. The SMILES string of the molecule is CCCCN1C(=O)NC(c2ccc(NC(=O)Nc3ccccc3C)cc2)C(C(=O)OCCOC)=C1C. The van der Waals surface area contributed by atoms with Crippen molar-refractivity contribution in [3.05, 3.63) is 70.9 Å². The molecule has 0 saturated carbocycles. The van der Waals surface area contributed by atoms with Gasteiger partial charge in [-0.1, -0.05) is 43.7 Å². The van der Waals surface area contributed by atoms with Crippen molar-refractivity contribution < 1.29 is 23.9 Å². The van der Waals surface area contributed by atoms with E-state index in [0.717, 1.165) is 24.1 Å². The summed E-state index contributed by atoms with van der Waals surface area (Å²) in [5, 5.41) is 8.57. The normalized spacial score (nSPS) is 15.4. The van der Waals surface area contributed by atoms with E-state index in [0.29, 0.717) is 29.1 Å². The maximum absolute atomic E-state index is 13.0. The van der Waals surface area contributed by atoms with Crippen molar-refractivity contribution in [3.63, 3.8) is 0 Å². The predicted molar refractivity (Wildman–Crippen MR) is 139 cm³/mol. The first-order valence-corrected chi connectivity index (χ1v) is 12.0. The number of unbranched alkanes of at least 4 members (excludes halogenated alkanes) is 1. The summed E-state index contributed by atoms with van der Waals surface area (Å²) in [7, 11) is 1.53. The molecule has 1 aliphatic heterocycles. The van der Waals surface area contributed by atoms with Gasteiger partial charge >= 0.3 is 18.0 Å². The highest BCUT2D eigenvalue weighted by molar-refractivity contribution is 6.00. The van der Waals surface area contributed by atoms with Crippen LogP contribution >= 0.6 is 0 Å². The molecule has 2 aromatic carbocycles. The molecular weight excluding hydrogens is 460 g/mol. The van der Waals surface area contributed by atoms with Crippen LogP contribution in [0.15, 0.2) is 59.8 Å². The Morgan fingerprint density at radius 3 is 2.42 bits per heavy atom. The third kappa shape index (κ3) is 6.63. The van der Waals surface area contributed by atoms with E-state index < -0.39 is 12.0 Å². The molecule has 0 saturated heterocycles. The topological polar surface area (TPSA) is 109 Å². The second-order valence-corrected chi connectivity index (χ2v) is 8.53. The highest BCUT2D eigenvalue weighted by atomic mass is 16.6. The fraction of sp³-hybridized carbons (Fsp3) is 0.370. The number of urea groups is 2. The summed E-state index contributed by atoms with van der Waals surface area (Å²) in [5.41, 5.74) is 3.89. The molecule has 1 unspecified atom stereocenters. The van der Waals surface area contributed by atoms with E-state index in [1.54, 1.807) is 36.1 Å². The highest BCUT2D eigenvalue weighted by Crippen LogP contribution is 2.32. The summed E-state index contributed by atoms with van der Waals surface area (Å²) in [4.78, 5) is 39.9. The van der Waals surface area contributed by atoms with Crippen LogP contribution in [0.3, 0.4) is 0 Å². The number of rotatable bonds is 10. The third-order valence-corrected chi connectivity index (χ3v) is 5.97. The second kappa shape index (κ2) is 12.7. The molecule has 0 fully saturated rings. The number of carbonyl (C=O) groups excluding carboxylic acids is 3. The molecular formula is C27H34N4O5. The van der Waals surface area contributed by atoms with Gasteiger partial charge < -0.3 is 25.4 Å². The number of hydrogen-bond acceptors (Lipinski definition) is 5. The molecule has 1 heterocycles. The van der Waals surface area contributed by atoms with E-state index in [-0.39, 0.29) is 25.3 Å². The lowest BCUT2D eigenvalue weighted by atomic mass is 9.94. The van der Waals surface area contributed by atoms with Gasteiger partial charge in [0.2, 0.25) is 0 Å². The molecule has 36 heavy (non-hydrogen) atoms. The second-order valence-electron chi connectivity index (χ2n) is 8.53. The first-order chi connectivity index (χ1) is 17.3. The number of amides is 4. The molecule has 0 radical (unpaired) electrons. The Labute approximate surface area is 211 Å². The fourth-order valence-electron chi connectivity index (χ4n) is 3.93. The van der Waals surface area contributed by atoms with Gasteiger partial charge in [-0.15, -0.1) is 0 Å². The minimum Gasteiger partial charge on any atom is -0.460 e. The average molecular weight is 495 g/mol. The molecule has 9 heteroatoms. The molecule has 1 atom stereocenters. The summed E-state index contributed by atoms with van der Waals surface area (Å²) in [6.45, 7) is 6.62. The van der Waals surface area contributed by atoms with Gasteiger partial charge in [0.1, 0.15) is 6.61 Å². The molecule has 192 valence electrons. The van der Waals surface area contributed by atoms with Gasteiger partial charge in [0.05, 0.1) is 18.2 Å². The number of nitrogens with one attached hydrogen (secondary N) is 3. The van der Waals surface area contributed by atoms with Gasteiger partial charge in [0, 0.05) is 30.7 Å². The number of benzene rings is 2. The van der Waals surface area contributed by atoms with E-state index in [2.05, 4.69) is 16.0 Å². The van der Waals surface area contributed by atoms with Crippen LogP contribution in [-0.2, 0) is 14.3 Å². The molecule has 1 aliphatic rings. The fourth-order valence-corrected chi connectivity index (χ4v) is 3.93. The zero-order valence-electron chi connectivity index (χ0n) is 21.2. The number of nitrogens with zero attached hydrogens (tertiary/aromatic N) is 1. The van der Waals surface area contributed by atoms with E-state index in [4.69, 9.17) is 9.47 Å². The molecule has 0 aliphatic carbocycles. The van der Waals surface area contributed by atoms with Crippen molar-refractivity contribution in [2.75, 3.05) is 37.5 Å². The molecule has 3 N–H and O–H groups in total. The van der Waals surface area contributed by atoms with Gasteiger partial charge in [-0.2, -0.15) is 0 Å². The predicted octanol–water partition coefficient (Wildman–Crippen LogP) is 4.97. The monoisotopic (exact) mass is 494 g/mol. The number of aryl methyl sites for hydroxylation is 1. The van der Waals surface area contributed by atoms with Crippen molar-refractivity contribution in [2.24, 2.45) is 0 Å². The van der Waals surface area contributed by atoms with E-state index in [9.17, 15) is 14.4 Å². The molecule has 9 nitrogen and oxygen atoms in total. The number of allylic oxidation sites excluding steroid dienone is 1. The Kier molecular flexibility index (Phi) is 9.46. The van der Waals surface area contributed by atoms with Crippen LogP contribution in [0.5, 0.6) is 0 Å². The Balaban J connectivity index is 1.79. The molecule has 2 aromatic rings. The number of anilines is 2. The van der Waals surface area contributed by atoms with E-state index in [1.165, 1.54) is 7.11 Å². The zero-order valence-corrected chi connectivity index (χ0v) is 21.2. The zero-order chi connectivity index (χ0) is 26.1. The van der Waals surface area contributed by atoms with Crippen LogP contribution in [-0.4, -0.2) is 49.8 Å². The van der Waals surface area contributed by atoms with Crippen molar-refractivity contribution in [2.45, 2.75) is 39.7 Å². The van der Waals surface area contributed by atoms with Crippen molar-refractivity contribution in [1.82, 2.24) is 10.2 Å². The standard InChI is InChI=1S/C27H34N4O5/c1-5-6-15-31-19(3)23(25(32)36-17-16-35-4)24(30-27(31)34)20-11-13-21(14-12-20)28-26(33)29-22-10-8-7-9-18(22)2/h7-14,24H,5-6,15-17H2,1-4H3,(H,30,34)(H2,28,29,33). The van der Waals surface area contributed by atoms with Crippen molar-refractivity contribution in [3.8, 4) is 0 Å². The number of carbonyl (C=O) groups is 3.